The monoisotopic (exact) mass is 581 g/mol. The van der Waals surface area contributed by atoms with Crippen LogP contribution in [0.15, 0.2) is 41.4 Å². The second kappa shape index (κ2) is 11.9. The Morgan fingerprint density at radius 2 is 1.81 bits per heavy atom. The lowest BCUT2D eigenvalue weighted by atomic mass is 9.97. The van der Waals surface area contributed by atoms with E-state index in [-0.39, 0.29) is 24.5 Å². The van der Waals surface area contributed by atoms with E-state index < -0.39 is 53.1 Å². The van der Waals surface area contributed by atoms with Gasteiger partial charge in [0.25, 0.3) is 0 Å². The highest BCUT2D eigenvalue weighted by molar-refractivity contribution is 7.99. The zero-order valence-corrected chi connectivity index (χ0v) is 21.4. The van der Waals surface area contributed by atoms with Gasteiger partial charge in [0.15, 0.2) is 0 Å². The Balaban J connectivity index is 1.70. The highest BCUT2D eigenvalue weighted by Gasteiger charge is 2.48. The van der Waals surface area contributed by atoms with Gasteiger partial charge >= 0.3 is 0 Å². The Morgan fingerprint density at radius 1 is 1.08 bits per heavy atom. The standard InChI is InChI=1S/C22H20Cl3F2N3O5S/c23-12-2-1-11(7-13(12)24)36-22-21(34-4-3-31)19(20(33)17(9-32)35-22)30-8-16(28-29-30)10-5-14(26)18(25)15(27)6-10/h1-2,5-8,17,19-22,31-33H,3-4,9H2. The Bertz CT molecular complexity index is 1200. The van der Waals surface area contributed by atoms with Gasteiger partial charge in [-0.3, -0.25) is 0 Å². The Labute approximate surface area is 223 Å². The number of benzene rings is 2. The van der Waals surface area contributed by atoms with Crippen LogP contribution < -0.4 is 0 Å². The predicted octanol–water partition coefficient (Wildman–Crippen LogP) is 3.97. The second-order valence-electron chi connectivity index (χ2n) is 7.80. The number of hydrogen-bond acceptors (Lipinski definition) is 8. The summed E-state index contributed by atoms with van der Waals surface area (Å²) in [6.07, 6.45) is -1.85. The van der Waals surface area contributed by atoms with Crippen LogP contribution in [0.5, 0.6) is 0 Å². The van der Waals surface area contributed by atoms with Crippen LogP contribution in [-0.2, 0) is 9.47 Å². The van der Waals surface area contributed by atoms with Gasteiger partial charge in [-0.2, -0.15) is 0 Å². The molecule has 0 amide bonds. The van der Waals surface area contributed by atoms with Gasteiger partial charge in [0, 0.05) is 10.5 Å². The molecule has 2 heterocycles. The lowest BCUT2D eigenvalue weighted by Crippen LogP contribution is -2.56. The fraction of sp³-hybridized carbons (Fsp3) is 0.364. The summed E-state index contributed by atoms with van der Waals surface area (Å²) >= 11 is 18.9. The van der Waals surface area contributed by atoms with E-state index in [1.165, 1.54) is 22.6 Å². The number of nitrogens with zero attached hydrogens (tertiary/aromatic N) is 3. The molecule has 1 aromatic heterocycles. The van der Waals surface area contributed by atoms with Crippen LogP contribution in [0, 0.1) is 11.6 Å². The molecule has 1 fully saturated rings. The Kier molecular flexibility index (Phi) is 9.08. The maximum Gasteiger partial charge on any atom is 0.145 e. The molecule has 1 aliphatic rings. The molecule has 14 heteroatoms. The van der Waals surface area contributed by atoms with E-state index in [9.17, 15) is 24.1 Å². The van der Waals surface area contributed by atoms with Crippen LogP contribution >= 0.6 is 46.6 Å². The summed E-state index contributed by atoms with van der Waals surface area (Å²) in [5.41, 5.74) is -0.605. The average Bonchev–Trinajstić information content (AvgIpc) is 3.34. The third-order valence-electron chi connectivity index (χ3n) is 5.46. The summed E-state index contributed by atoms with van der Waals surface area (Å²) < 4.78 is 41.0. The van der Waals surface area contributed by atoms with E-state index in [4.69, 9.17) is 44.3 Å². The Morgan fingerprint density at radius 3 is 2.44 bits per heavy atom. The van der Waals surface area contributed by atoms with Gasteiger partial charge in [-0.1, -0.05) is 51.8 Å². The van der Waals surface area contributed by atoms with Crippen molar-refractivity contribution in [3.8, 4) is 11.3 Å². The molecule has 0 radical (unpaired) electrons. The van der Waals surface area contributed by atoms with Gasteiger partial charge in [-0.25, -0.2) is 13.5 Å². The number of aromatic nitrogens is 3. The molecule has 3 aromatic rings. The molecule has 0 spiro atoms. The maximum atomic E-state index is 14.0. The van der Waals surface area contributed by atoms with E-state index in [1.807, 2.05) is 0 Å². The zero-order valence-electron chi connectivity index (χ0n) is 18.3. The quantitative estimate of drug-likeness (QED) is 0.343. The molecule has 0 aliphatic carbocycles. The lowest BCUT2D eigenvalue weighted by Gasteiger charge is -2.43. The van der Waals surface area contributed by atoms with Crippen molar-refractivity contribution in [2.24, 2.45) is 0 Å². The van der Waals surface area contributed by atoms with Crippen molar-refractivity contribution < 1.29 is 33.6 Å². The molecule has 194 valence electrons. The van der Waals surface area contributed by atoms with Gasteiger partial charge in [-0.15, -0.1) is 5.10 Å². The van der Waals surface area contributed by atoms with Gasteiger partial charge in [0.1, 0.15) is 52.1 Å². The number of aliphatic hydroxyl groups excluding tert-OH is 3. The highest BCUT2D eigenvalue weighted by atomic mass is 35.5. The SMILES string of the molecule is OCCOC1C(Sc2ccc(Cl)c(Cl)c2)OC(CO)C(O)C1n1cc(-c2cc(F)c(Cl)c(F)c2)nn1. The van der Waals surface area contributed by atoms with Gasteiger partial charge in [0.2, 0.25) is 0 Å². The molecule has 0 saturated carbocycles. The predicted molar refractivity (Wildman–Crippen MR) is 130 cm³/mol. The summed E-state index contributed by atoms with van der Waals surface area (Å²) in [5, 5.41) is 38.3. The molecule has 36 heavy (non-hydrogen) atoms. The fourth-order valence-corrected chi connectivity index (χ4v) is 5.41. The van der Waals surface area contributed by atoms with Crippen LogP contribution in [0.3, 0.4) is 0 Å². The first-order valence-corrected chi connectivity index (χ1v) is 12.6. The number of aliphatic hydroxyl groups is 3. The van der Waals surface area contributed by atoms with Crippen molar-refractivity contribution in [1.29, 1.82) is 0 Å². The van der Waals surface area contributed by atoms with Gasteiger partial charge < -0.3 is 24.8 Å². The molecule has 3 N–H and O–H groups in total. The number of halogens is 5. The molecule has 8 nitrogen and oxygen atoms in total. The molecule has 1 aliphatic heterocycles. The van der Waals surface area contributed by atoms with Gasteiger partial charge in [0.05, 0.1) is 36.1 Å². The zero-order chi connectivity index (χ0) is 26.0. The largest absolute Gasteiger partial charge is 0.394 e. The smallest absolute Gasteiger partial charge is 0.145 e. The number of rotatable bonds is 8. The Hall–Kier alpha value is -1.54. The van der Waals surface area contributed by atoms with Gasteiger partial charge in [-0.05, 0) is 30.3 Å². The molecule has 5 unspecified atom stereocenters. The lowest BCUT2D eigenvalue weighted by molar-refractivity contribution is -0.194. The van der Waals surface area contributed by atoms with E-state index in [2.05, 4.69) is 10.3 Å². The van der Waals surface area contributed by atoms with Crippen molar-refractivity contribution in [2.75, 3.05) is 19.8 Å². The summed E-state index contributed by atoms with van der Waals surface area (Å²) in [6.45, 7) is -0.911. The fourth-order valence-electron chi connectivity index (χ4n) is 3.77. The minimum absolute atomic E-state index is 0.0791. The number of hydrogen-bond donors (Lipinski definition) is 3. The summed E-state index contributed by atoms with van der Waals surface area (Å²) in [4.78, 5) is 0.672. The minimum atomic E-state index is -1.31. The van der Waals surface area contributed by atoms with Crippen LogP contribution in [0.4, 0.5) is 8.78 Å². The summed E-state index contributed by atoms with van der Waals surface area (Å²) in [5.74, 6) is -1.93. The van der Waals surface area contributed by atoms with E-state index in [0.29, 0.717) is 14.9 Å². The topological polar surface area (TPSA) is 110 Å². The van der Waals surface area contributed by atoms with Crippen molar-refractivity contribution in [3.05, 3.63) is 63.2 Å². The van der Waals surface area contributed by atoms with E-state index in [1.54, 1.807) is 18.2 Å². The van der Waals surface area contributed by atoms with Crippen molar-refractivity contribution >= 4 is 46.6 Å². The molecular formula is C22H20Cl3F2N3O5S. The van der Waals surface area contributed by atoms with E-state index >= 15 is 0 Å². The second-order valence-corrected chi connectivity index (χ2v) is 10.2. The molecule has 4 rings (SSSR count). The molecule has 1 saturated heterocycles. The first-order valence-electron chi connectivity index (χ1n) is 10.6. The molecular weight excluding hydrogens is 563 g/mol. The summed E-state index contributed by atoms with van der Waals surface area (Å²) in [6, 6.07) is 6.04. The van der Waals surface area contributed by atoms with Crippen molar-refractivity contribution in [2.45, 2.75) is 34.7 Å². The molecule has 0 bridgehead atoms. The number of thioether (sulfide) groups is 1. The first kappa shape index (κ1) is 27.5. The normalized spacial score (nSPS) is 24.3. The maximum absolute atomic E-state index is 14.0. The van der Waals surface area contributed by atoms with Crippen LogP contribution in [0.2, 0.25) is 15.1 Å². The number of ether oxygens (including phenoxy) is 2. The third-order valence-corrected chi connectivity index (χ3v) is 7.70. The van der Waals surface area contributed by atoms with Crippen molar-refractivity contribution in [1.82, 2.24) is 15.0 Å². The third kappa shape index (κ3) is 5.79. The molecule has 2 aromatic carbocycles. The van der Waals surface area contributed by atoms with Crippen LogP contribution in [0.25, 0.3) is 11.3 Å². The van der Waals surface area contributed by atoms with Crippen molar-refractivity contribution in [3.63, 3.8) is 0 Å². The summed E-state index contributed by atoms with van der Waals surface area (Å²) in [7, 11) is 0. The van der Waals surface area contributed by atoms with Crippen LogP contribution in [-0.4, -0.2) is 73.9 Å². The van der Waals surface area contributed by atoms with Crippen LogP contribution in [0.1, 0.15) is 6.04 Å². The minimum Gasteiger partial charge on any atom is -0.394 e. The van der Waals surface area contributed by atoms with E-state index in [0.717, 1.165) is 12.1 Å². The highest BCUT2D eigenvalue weighted by Crippen LogP contribution is 2.41. The molecule has 5 atom stereocenters. The average molecular weight is 583 g/mol. The first-order chi connectivity index (χ1) is 17.2.